The van der Waals surface area contributed by atoms with E-state index in [0.29, 0.717) is 12.5 Å². The number of hydrazine groups is 1. The lowest BCUT2D eigenvalue weighted by Gasteiger charge is -2.34. The molecule has 2 heterocycles. The van der Waals surface area contributed by atoms with Crippen molar-refractivity contribution >= 4 is 33.3 Å². The van der Waals surface area contributed by atoms with Crippen LogP contribution in [0.3, 0.4) is 0 Å². The van der Waals surface area contributed by atoms with Crippen LogP contribution in [0, 0.1) is 5.92 Å². The van der Waals surface area contributed by atoms with Gasteiger partial charge in [-0.2, -0.15) is 0 Å². The third-order valence-corrected chi connectivity index (χ3v) is 11.6. The average molecular weight is 521 g/mol. The number of thioether (sulfide) groups is 1. The molecule has 7 nitrogen and oxygen atoms in total. The SMILES string of the molecule is CC(=O)C1CN(C2NNC(C)(C3CCCCCCCC3)S2)c2cc(S(=O)(=O)NC3(C)CC3)ccc21. The summed E-state index contributed by atoms with van der Waals surface area (Å²) in [4.78, 5) is 14.9. The number of fused-ring (bicyclic) bond motifs is 1. The van der Waals surface area contributed by atoms with Gasteiger partial charge in [0.15, 0.2) is 0 Å². The molecule has 3 unspecified atom stereocenters. The molecule has 35 heavy (non-hydrogen) atoms. The molecule has 1 aromatic rings. The van der Waals surface area contributed by atoms with Crippen LogP contribution < -0.4 is 20.5 Å². The number of Topliss-reactive ketones (excluding diaryl/α,β-unsaturated/α-hetero) is 1. The fraction of sp³-hybridized carbons (Fsp3) is 0.731. The molecular formula is C26H40N4O3S2. The summed E-state index contributed by atoms with van der Waals surface area (Å²) in [6.07, 6.45) is 12.1. The summed E-state index contributed by atoms with van der Waals surface area (Å²) in [7, 11) is -3.62. The Kier molecular flexibility index (Phi) is 7.02. The molecule has 0 amide bonds. The molecule has 1 aromatic carbocycles. The van der Waals surface area contributed by atoms with Crippen LogP contribution in [0.4, 0.5) is 5.69 Å². The topological polar surface area (TPSA) is 90.5 Å². The van der Waals surface area contributed by atoms with E-state index in [0.717, 1.165) is 24.1 Å². The Hall–Kier alpha value is -1.13. The number of rotatable bonds is 6. The number of sulfonamides is 1. The van der Waals surface area contributed by atoms with Gasteiger partial charge in [0.05, 0.1) is 15.7 Å². The Balaban J connectivity index is 1.39. The van der Waals surface area contributed by atoms with Crippen LogP contribution in [0.5, 0.6) is 0 Å². The molecule has 0 aromatic heterocycles. The molecule has 2 aliphatic carbocycles. The first-order chi connectivity index (χ1) is 16.6. The van der Waals surface area contributed by atoms with E-state index in [4.69, 9.17) is 0 Å². The van der Waals surface area contributed by atoms with Crippen molar-refractivity contribution < 1.29 is 13.2 Å². The van der Waals surface area contributed by atoms with Crippen molar-refractivity contribution in [3.63, 3.8) is 0 Å². The minimum absolute atomic E-state index is 0.0670. The lowest BCUT2D eigenvalue weighted by molar-refractivity contribution is -0.118. The Labute approximate surface area is 214 Å². The van der Waals surface area contributed by atoms with Crippen LogP contribution in [-0.4, -0.2) is 36.7 Å². The number of carbonyl (C=O) groups is 1. The van der Waals surface area contributed by atoms with Gasteiger partial charge in [0, 0.05) is 17.8 Å². The first kappa shape index (κ1) is 25.5. The van der Waals surface area contributed by atoms with Gasteiger partial charge in [-0.25, -0.2) is 24.0 Å². The quantitative estimate of drug-likeness (QED) is 0.505. The molecule has 3 atom stereocenters. The van der Waals surface area contributed by atoms with Gasteiger partial charge < -0.3 is 4.90 Å². The summed E-state index contributed by atoms with van der Waals surface area (Å²) in [6.45, 7) is 6.44. The number of anilines is 1. The van der Waals surface area contributed by atoms with Crippen molar-refractivity contribution in [3.8, 4) is 0 Å². The first-order valence-electron chi connectivity index (χ1n) is 13.3. The van der Waals surface area contributed by atoms with Crippen molar-refractivity contribution in [1.82, 2.24) is 15.6 Å². The maximum atomic E-state index is 13.1. The van der Waals surface area contributed by atoms with Crippen LogP contribution in [0.15, 0.2) is 23.1 Å². The molecule has 4 aliphatic rings. The maximum Gasteiger partial charge on any atom is 0.241 e. The zero-order valence-corrected chi connectivity index (χ0v) is 22.9. The van der Waals surface area contributed by atoms with E-state index in [2.05, 4.69) is 27.4 Å². The number of nitrogens with one attached hydrogen (secondary N) is 3. The molecule has 1 saturated heterocycles. The lowest BCUT2D eigenvalue weighted by atomic mass is 9.90. The molecular weight excluding hydrogens is 480 g/mol. The number of hydrogen-bond donors (Lipinski definition) is 3. The lowest BCUT2D eigenvalue weighted by Crippen LogP contribution is -2.48. The van der Waals surface area contributed by atoms with Crippen LogP contribution in [0.2, 0.25) is 0 Å². The third-order valence-electron chi connectivity index (χ3n) is 8.47. The zero-order chi connectivity index (χ0) is 24.8. The molecule has 2 aliphatic heterocycles. The summed E-state index contributed by atoms with van der Waals surface area (Å²) < 4.78 is 29.1. The Morgan fingerprint density at radius 1 is 1.09 bits per heavy atom. The molecule has 0 bridgehead atoms. The molecule has 9 heteroatoms. The third kappa shape index (κ3) is 5.30. The van der Waals surface area contributed by atoms with Gasteiger partial charge in [-0.15, -0.1) is 0 Å². The number of carbonyl (C=O) groups excluding carboxylic acids is 1. The fourth-order valence-corrected chi connectivity index (χ4v) is 8.83. The summed E-state index contributed by atoms with van der Waals surface area (Å²) in [5.41, 5.74) is 8.50. The highest BCUT2D eigenvalue weighted by molar-refractivity contribution is 8.01. The second-order valence-corrected chi connectivity index (χ2v) is 14.7. The number of hydrogen-bond acceptors (Lipinski definition) is 7. The highest BCUT2D eigenvalue weighted by atomic mass is 32.2. The molecule has 2 saturated carbocycles. The number of benzene rings is 1. The first-order valence-corrected chi connectivity index (χ1v) is 15.6. The summed E-state index contributed by atoms with van der Waals surface area (Å²) >= 11 is 1.88. The van der Waals surface area contributed by atoms with Gasteiger partial charge in [-0.05, 0) is 70.1 Å². The Morgan fingerprint density at radius 2 is 1.74 bits per heavy atom. The monoisotopic (exact) mass is 520 g/mol. The summed E-state index contributed by atoms with van der Waals surface area (Å²) in [5, 5.41) is 0. The smallest absolute Gasteiger partial charge is 0.241 e. The highest BCUT2D eigenvalue weighted by Crippen LogP contribution is 2.47. The van der Waals surface area contributed by atoms with Gasteiger partial charge in [0.2, 0.25) is 10.0 Å². The molecule has 5 rings (SSSR count). The van der Waals surface area contributed by atoms with E-state index in [1.807, 2.05) is 24.8 Å². The van der Waals surface area contributed by atoms with E-state index < -0.39 is 10.0 Å². The minimum atomic E-state index is -3.62. The van der Waals surface area contributed by atoms with Crippen molar-refractivity contribution in [2.75, 3.05) is 11.4 Å². The van der Waals surface area contributed by atoms with Crippen molar-refractivity contribution in [1.29, 1.82) is 0 Å². The van der Waals surface area contributed by atoms with Crippen LogP contribution in [0.1, 0.15) is 96.5 Å². The maximum absolute atomic E-state index is 13.1. The molecule has 3 N–H and O–H groups in total. The van der Waals surface area contributed by atoms with Crippen molar-refractivity contribution in [2.45, 2.75) is 112 Å². The largest absolute Gasteiger partial charge is 0.345 e. The van der Waals surface area contributed by atoms with E-state index >= 15 is 0 Å². The van der Waals surface area contributed by atoms with Crippen molar-refractivity contribution in [2.24, 2.45) is 5.92 Å². The number of ketones is 1. The number of nitrogens with zero attached hydrogens (tertiary/aromatic N) is 1. The predicted molar refractivity (Wildman–Crippen MR) is 142 cm³/mol. The van der Waals surface area contributed by atoms with Crippen LogP contribution in [-0.2, 0) is 14.8 Å². The van der Waals surface area contributed by atoms with Crippen LogP contribution in [0.25, 0.3) is 0 Å². The standard InChI is InChI=1S/C26H40N4O3S2/c1-18(31)22-17-30(23-16-20(12-13-21(22)23)35(32,33)29-25(2)14-15-25)24-27-28-26(3,34-24)19-10-8-6-4-5-7-9-11-19/h12-13,16,19,22,24,27-29H,4-11,14-15,17H2,1-3H3. The van der Waals surface area contributed by atoms with Gasteiger partial charge in [0.1, 0.15) is 11.3 Å². The van der Waals surface area contributed by atoms with E-state index in [-0.39, 0.29) is 32.5 Å². The normalized spacial score (nSPS) is 31.5. The zero-order valence-electron chi connectivity index (χ0n) is 21.2. The van der Waals surface area contributed by atoms with Gasteiger partial charge >= 0.3 is 0 Å². The molecule has 0 radical (unpaired) electrons. The molecule has 3 fully saturated rings. The molecule has 0 spiro atoms. The second kappa shape index (κ2) is 9.63. The van der Waals surface area contributed by atoms with E-state index in [1.54, 1.807) is 19.1 Å². The summed E-state index contributed by atoms with van der Waals surface area (Å²) in [6, 6.07) is 5.27. The second-order valence-electron chi connectivity index (χ2n) is 11.4. The minimum Gasteiger partial charge on any atom is -0.345 e. The van der Waals surface area contributed by atoms with Crippen molar-refractivity contribution in [3.05, 3.63) is 23.8 Å². The highest BCUT2D eigenvalue weighted by Gasteiger charge is 2.47. The van der Waals surface area contributed by atoms with Gasteiger partial charge in [0.25, 0.3) is 0 Å². The van der Waals surface area contributed by atoms with E-state index in [9.17, 15) is 13.2 Å². The van der Waals surface area contributed by atoms with Gasteiger partial charge in [-0.3, -0.25) is 4.79 Å². The summed E-state index contributed by atoms with van der Waals surface area (Å²) in [5.74, 6) is 0.446. The molecule has 194 valence electrons. The van der Waals surface area contributed by atoms with E-state index in [1.165, 1.54) is 51.4 Å². The average Bonchev–Trinajstić information content (AvgIpc) is 3.23. The Bertz CT molecular complexity index is 1060. The predicted octanol–water partition coefficient (Wildman–Crippen LogP) is 4.60. The van der Waals surface area contributed by atoms with Crippen LogP contribution >= 0.6 is 11.8 Å². The van der Waals surface area contributed by atoms with Gasteiger partial charge in [-0.1, -0.05) is 56.4 Å². The Morgan fingerprint density at radius 3 is 2.37 bits per heavy atom. The fourth-order valence-electron chi connectivity index (χ4n) is 5.89.